The second-order valence-corrected chi connectivity index (χ2v) is 14.8. The highest BCUT2D eigenvalue weighted by molar-refractivity contribution is 6.24. The van der Waals surface area contributed by atoms with Gasteiger partial charge in [0.2, 0.25) is 0 Å². The SMILES string of the molecule is c1ccc2c(c1)-c1cccc3c(-c4cc(-c5ccc6cc(-c7cc8ccccc8c8c7ccc7ccccc78)ccc6c5)cc5ccccc45)ccc-2c13. The van der Waals surface area contributed by atoms with Crippen molar-refractivity contribution in [2.75, 3.05) is 0 Å². The Labute approximate surface area is 313 Å². The molecule has 11 aromatic carbocycles. The summed E-state index contributed by atoms with van der Waals surface area (Å²) in [6.45, 7) is 0. The van der Waals surface area contributed by atoms with E-state index in [0.717, 1.165) is 0 Å². The lowest BCUT2D eigenvalue weighted by Crippen LogP contribution is -1.89. The van der Waals surface area contributed by atoms with Gasteiger partial charge in [-0.2, -0.15) is 0 Å². The third kappa shape index (κ3) is 4.26. The highest BCUT2D eigenvalue weighted by Crippen LogP contribution is 2.50. The molecular formula is C54H32. The lowest BCUT2D eigenvalue weighted by molar-refractivity contribution is 1.65. The summed E-state index contributed by atoms with van der Waals surface area (Å²) in [7, 11) is 0. The van der Waals surface area contributed by atoms with E-state index in [-0.39, 0.29) is 0 Å². The van der Waals surface area contributed by atoms with Gasteiger partial charge in [-0.15, -0.1) is 0 Å². The van der Waals surface area contributed by atoms with Crippen LogP contribution in [-0.4, -0.2) is 0 Å². The van der Waals surface area contributed by atoms with E-state index < -0.39 is 0 Å². The van der Waals surface area contributed by atoms with Crippen molar-refractivity contribution in [3.8, 4) is 55.6 Å². The molecule has 0 heterocycles. The van der Waals surface area contributed by atoms with E-state index in [4.69, 9.17) is 0 Å². The van der Waals surface area contributed by atoms with Crippen LogP contribution in [-0.2, 0) is 0 Å². The highest BCUT2D eigenvalue weighted by Gasteiger charge is 2.23. The molecule has 0 spiro atoms. The number of rotatable bonds is 3. The van der Waals surface area contributed by atoms with Crippen molar-refractivity contribution >= 4 is 64.6 Å². The molecule has 0 saturated carbocycles. The largest absolute Gasteiger partial charge is 0.0616 e. The first-order chi connectivity index (χ1) is 26.8. The minimum atomic E-state index is 1.23. The summed E-state index contributed by atoms with van der Waals surface area (Å²) in [4.78, 5) is 0. The van der Waals surface area contributed by atoms with Gasteiger partial charge in [0.05, 0.1) is 0 Å². The van der Waals surface area contributed by atoms with E-state index in [1.54, 1.807) is 0 Å². The minimum Gasteiger partial charge on any atom is -0.0616 e. The van der Waals surface area contributed by atoms with Gasteiger partial charge in [0.25, 0.3) is 0 Å². The third-order valence-electron chi connectivity index (χ3n) is 11.9. The van der Waals surface area contributed by atoms with Gasteiger partial charge >= 0.3 is 0 Å². The first-order valence-corrected chi connectivity index (χ1v) is 18.8. The Bertz CT molecular complexity index is 3340. The molecule has 0 amide bonds. The summed E-state index contributed by atoms with van der Waals surface area (Å²) in [5, 5.41) is 15.4. The summed E-state index contributed by atoms with van der Waals surface area (Å²) in [5.74, 6) is 0. The minimum absolute atomic E-state index is 1.23. The second-order valence-electron chi connectivity index (χ2n) is 14.8. The van der Waals surface area contributed by atoms with Gasteiger partial charge in [0.15, 0.2) is 0 Å². The maximum atomic E-state index is 2.41. The fourth-order valence-corrected chi connectivity index (χ4v) is 9.45. The summed E-state index contributed by atoms with van der Waals surface area (Å²) in [6, 6.07) is 72.4. The summed E-state index contributed by atoms with van der Waals surface area (Å²) < 4.78 is 0. The van der Waals surface area contributed by atoms with Crippen molar-refractivity contribution in [2.45, 2.75) is 0 Å². The van der Waals surface area contributed by atoms with E-state index in [0.29, 0.717) is 0 Å². The van der Waals surface area contributed by atoms with Crippen LogP contribution in [0.15, 0.2) is 194 Å². The van der Waals surface area contributed by atoms with Crippen LogP contribution in [0.25, 0.3) is 120 Å². The number of fused-ring (bicyclic) bond motifs is 10. The first kappa shape index (κ1) is 29.5. The molecule has 12 rings (SSSR count). The van der Waals surface area contributed by atoms with E-state index in [1.165, 1.54) is 120 Å². The Kier molecular flexibility index (Phi) is 6.15. The smallest absolute Gasteiger partial charge is 0.00201 e. The van der Waals surface area contributed by atoms with Gasteiger partial charge < -0.3 is 0 Å². The maximum absolute atomic E-state index is 2.41. The van der Waals surface area contributed by atoms with Crippen LogP contribution in [0.4, 0.5) is 0 Å². The van der Waals surface area contributed by atoms with Gasteiger partial charge in [-0.1, -0.05) is 164 Å². The Morgan fingerprint density at radius 1 is 0.185 bits per heavy atom. The molecule has 0 bridgehead atoms. The molecule has 0 fully saturated rings. The summed E-state index contributed by atoms with van der Waals surface area (Å²) >= 11 is 0. The summed E-state index contributed by atoms with van der Waals surface area (Å²) in [6.07, 6.45) is 0. The zero-order valence-corrected chi connectivity index (χ0v) is 29.5. The van der Waals surface area contributed by atoms with Gasteiger partial charge in [-0.3, -0.25) is 0 Å². The normalized spacial score (nSPS) is 12.1. The van der Waals surface area contributed by atoms with Crippen LogP contribution in [0.3, 0.4) is 0 Å². The Morgan fingerprint density at radius 3 is 1.50 bits per heavy atom. The Balaban J connectivity index is 1.01. The molecule has 248 valence electrons. The molecule has 0 heteroatoms. The molecule has 1 aliphatic rings. The monoisotopic (exact) mass is 680 g/mol. The molecule has 0 nitrogen and oxygen atoms in total. The quantitative estimate of drug-likeness (QED) is 0.163. The topological polar surface area (TPSA) is 0 Å². The zero-order valence-electron chi connectivity index (χ0n) is 29.5. The first-order valence-electron chi connectivity index (χ1n) is 18.8. The van der Waals surface area contributed by atoms with Crippen molar-refractivity contribution in [1.29, 1.82) is 0 Å². The molecule has 0 radical (unpaired) electrons. The van der Waals surface area contributed by atoms with Crippen molar-refractivity contribution in [1.82, 2.24) is 0 Å². The van der Waals surface area contributed by atoms with Gasteiger partial charge in [-0.05, 0) is 151 Å². The fourth-order valence-electron chi connectivity index (χ4n) is 9.45. The van der Waals surface area contributed by atoms with Gasteiger partial charge in [0, 0.05) is 0 Å². The van der Waals surface area contributed by atoms with Crippen LogP contribution in [0.1, 0.15) is 0 Å². The van der Waals surface area contributed by atoms with Gasteiger partial charge in [-0.25, -0.2) is 0 Å². The number of benzene rings is 11. The van der Waals surface area contributed by atoms with Crippen molar-refractivity contribution in [3.63, 3.8) is 0 Å². The maximum Gasteiger partial charge on any atom is -0.00201 e. The predicted octanol–water partition coefficient (Wildman–Crippen LogP) is 15.3. The lowest BCUT2D eigenvalue weighted by atomic mass is 9.88. The number of hydrogen-bond donors (Lipinski definition) is 0. The molecule has 0 aromatic heterocycles. The fraction of sp³-hybridized carbons (Fsp3) is 0. The standard InChI is InChI=1S/C54H32/c1-5-14-42-33(10-1)24-25-50-51(31-38-12-3-6-15-43(38)53(42)50)39-23-22-34-28-36(21-20-35(34)29-39)40-30-37-11-2-4-13-41(37)52(32-40)46-26-27-49-45-17-8-7-16-44(45)47-18-9-19-48(46)54(47)49/h1-32H. The molecule has 1 aliphatic carbocycles. The zero-order chi connectivity index (χ0) is 35.3. The van der Waals surface area contributed by atoms with Crippen LogP contribution in [0, 0.1) is 0 Å². The lowest BCUT2D eigenvalue weighted by Gasteiger charge is -2.15. The predicted molar refractivity (Wildman–Crippen MR) is 232 cm³/mol. The molecule has 11 aromatic rings. The molecule has 0 atom stereocenters. The Hall–Kier alpha value is -7.02. The average molecular weight is 681 g/mol. The van der Waals surface area contributed by atoms with Crippen molar-refractivity contribution < 1.29 is 0 Å². The molecule has 54 heavy (non-hydrogen) atoms. The Morgan fingerprint density at radius 2 is 0.704 bits per heavy atom. The van der Waals surface area contributed by atoms with Crippen LogP contribution in [0.2, 0.25) is 0 Å². The van der Waals surface area contributed by atoms with Crippen LogP contribution < -0.4 is 0 Å². The molecule has 0 aliphatic heterocycles. The molecular weight excluding hydrogens is 649 g/mol. The molecule has 0 unspecified atom stereocenters. The van der Waals surface area contributed by atoms with E-state index >= 15 is 0 Å². The molecule has 0 N–H and O–H groups in total. The van der Waals surface area contributed by atoms with Crippen LogP contribution >= 0.6 is 0 Å². The number of hydrogen-bond acceptors (Lipinski definition) is 0. The average Bonchev–Trinajstić information content (AvgIpc) is 3.57. The third-order valence-corrected chi connectivity index (χ3v) is 11.9. The highest BCUT2D eigenvalue weighted by atomic mass is 14.3. The molecule has 0 saturated heterocycles. The van der Waals surface area contributed by atoms with E-state index in [1.807, 2.05) is 0 Å². The van der Waals surface area contributed by atoms with E-state index in [2.05, 4.69) is 194 Å². The summed E-state index contributed by atoms with van der Waals surface area (Å²) in [5.41, 5.74) is 12.8. The van der Waals surface area contributed by atoms with Crippen molar-refractivity contribution in [2.24, 2.45) is 0 Å². The van der Waals surface area contributed by atoms with Gasteiger partial charge in [0.1, 0.15) is 0 Å². The van der Waals surface area contributed by atoms with Crippen LogP contribution in [0.5, 0.6) is 0 Å². The van der Waals surface area contributed by atoms with Crippen molar-refractivity contribution in [3.05, 3.63) is 194 Å². The van der Waals surface area contributed by atoms with E-state index in [9.17, 15) is 0 Å². The second kappa shape index (κ2) is 11.2.